The van der Waals surface area contributed by atoms with E-state index in [-0.39, 0.29) is 0 Å². The smallest absolute Gasteiger partial charge is 0.433 e. The first-order valence-electron chi connectivity index (χ1n) is 9.02. The Morgan fingerprint density at radius 3 is 2.88 bits per heavy atom. The highest BCUT2D eigenvalue weighted by Gasteiger charge is 2.15. The number of carbonyl (C=O) groups excluding carboxylic acids is 1. The normalized spacial score (nSPS) is 15.5. The average molecular weight is 361 g/mol. The molecule has 1 aromatic heterocycles. The van der Waals surface area contributed by atoms with Crippen molar-refractivity contribution in [2.45, 2.75) is 6.42 Å². The maximum absolute atomic E-state index is 12.1. The molecule has 2 heterocycles. The van der Waals surface area contributed by atoms with Gasteiger partial charge in [-0.1, -0.05) is 6.07 Å². The highest BCUT2D eigenvalue weighted by Crippen LogP contribution is 2.29. The second-order valence-corrected chi connectivity index (χ2v) is 6.70. The molecule has 1 N–H and O–H groups in total. The molecule has 1 aliphatic rings. The van der Waals surface area contributed by atoms with E-state index in [1.54, 1.807) is 6.07 Å². The molecule has 1 saturated heterocycles. The molecular formula is C19H27N3O4. The van der Waals surface area contributed by atoms with Gasteiger partial charge in [0.25, 0.3) is 0 Å². The average Bonchev–Trinajstić information content (AvgIpc) is 3.05. The summed E-state index contributed by atoms with van der Waals surface area (Å²) < 4.78 is 16.0. The summed E-state index contributed by atoms with van der Waals surface area (Å²) in [5.41, 5.74) is 2.09. The van der Waals surface area contributed by atoms with Crippen LogP contribution in [0.15, 0.2) is 24.4 Å². The highest BCUT2D eigenvalue weighted by molar-refractivity contribution is 5.90. The molecule has 0 bridgehead atoms. The van der Waals surface area contributed by atoms with E-state index in [1.807, 2.05) is 32.4 Å². The summed E-state index contributed by atoms with van der Waals surface area (Å²) in [5.74, 6) is 0.536. The Morgan fingerprint density at radius 2 is 2.12 bits per heavy atom. The molecule has 0 radical (unpaired) electrons. The fourth-order valence-corrected chi connectivity index (χ4v) is 3.05. The van der Waals surface area contributed by atoms with Gasteiger partial charge < -0.3 is 24.1 Å². The first kappa shape index (κ1) is 18.7. The van der Waals surface area contributed by atoms with Crippen molar-refractivity contribution < 1.29 is 19.0 Å². The lowest BCUT2D eigenvalue weighted by atomic mass is 10.1. The molecule has 1 aliphatic heterocycles. The summed E-state index contributed by atoms with van der Waals surface area (Å²) in [7, 11) is 4.08. The summed E-state index contributed by atoms with van der Waals surface area (Å²) in [5, 5.41) is 0.944. The Labute approximate surface area is 153 Å². The summed E-state index contributed by atoms with van der Waals surface area (Å²) >= 11 is 0. The van der Waals surface area contributed by atoms with Crippen molar-refractivity contribution in [2.75, 3.05) is 60.1 Å². The molecule has 0 amide bonds. The van der Waals surface area contributed by atoms with Crippen molar-refractivity contribution in [1.82, 2.24) is 14.8 Å². The van der Waals surface area contributed by atoms with Crippen LogP contribution < -0.4 is 4.74 Å². The SMILES string of the molecule is CN(C)CCc1c[nH]c2cccc(OC(=O)OCCN3CCOCC3)c12. The zero-order valence-corrected chi connectivity index (χ0v) is 15.5. The zero-order chi connectivity index (χ0) is 18.4. The number of H-pyrrole nitrogens is 1. The molecule has 0 saturated carbocycles. The predicted molar refractivity (Wildman–Crippen MR) is 99.8 cm³/mol. The standard InChI is InChI=1S/C19H27N3O4/c1-21(2)7-6-15-14-20-16-4-3-5-17(18(15)16)26-19(23)25-13-10-22-8-11-24-12-9-22/h3-5,14,20H,6-13H2,1-2H3. The van der Waals surface area contributed by atoms with E-state index in [2.05, 4.69) is 14.8 Å². The minimum Gasteiger partial charge on any atom is -0.433 e. The maximum atomic E-state index is 12.1. The number of nitrogens with zero attached hydrogens (tertiary/aromatic N) is 2. The number of fused-ring (bicyclic) bond motifs is 1. The van der Waals surface area contributed by atoms with Crippen molar-refractivity contribution in [3.05, 3.63) is 30.0 Å². The van der Waals surface area contributed by atoms with Crippen LogP contribution in [0.3, 0.4) is 0 Å². The maximum Gasteiger partial charge on any atom is 0.513 e. The lowest BCUT2D eigenvalue weighted by Crippen LogP contribution is -2.38. The number of aromatic amines is 1. The molecule has 0 atom stereocenters. The van der Waals surface area contributed by atoms with Crippen LogP contribution in [0.4, 0.5) is 4.79 Å². The van der Waals surface area contributed by atoms with Crippen LogP contribution in [0.5, 0.6) is 5.75 Å². The van der Waals surface area contributed by atoms with E-state index in [1.165, 1.54) is 0 Å². The Bertz CT molecular complexity index is 723. The minimum absolute atomic E-state index is 0.315. The molecular weight excluding hydrogens is 334 g/mol. The largest absolute Gasteiger partial charge is 0.513 e. The summed E-state index contributed by atoms with van der Waals surface area (Å²) in [6.45, 7) is 5.14. The van der Waals surface area contributed by atoms with Crippen LogP contribution in [-0.2, 0) is 15.9 Å². The van der Waals surface area contributed by atoms with Crippen molar-refractivity contribution >= 4 is 17.1 Å². The molecule has 7 heteroatoms. The van der Waals surface area contributed by atoms with Crippen LogP contribution in [0.2, 0.25) is 0 Å². The van der Waals surface area contributed by atoms with Crippen LogP contribution in [-0.4, -0.2) is 81.0 Å². The number of benzene rings is 1. The van der Waals surface area contributed by atoms with Gasteiger partial charge in [0.05, 0.1) is 13.2 Å². The number of ether oxygens (including phenoxy) is 3. The van der Waals surface area contributed by atoms with Crippen LogP contribution in [0.25, 0.3) is 10.9 Å². The van der Waals surface area contributed by atoms with Crippen LogP contribution >= 0.6 is 0 Å². The Balaban J connectivity index is 1.58. The van der Waals surface area contributed by atoms with Gasteiger partial charge in [0.2, 0.25) is 0 Å². The Kier molecular flexibility index (Phi) is 6.49. The lowest BCUT2D eigenvalue weighted by molar-refractivity contribution is 0.0240. The third kappa shape index (κ3) is 4.97. The summed E-state index contributed by atoms with van der Waals surface area (Å²) in [6, 6.07) is 5.65. The van der Waals surface area contributed by atoms with Crippen LogP contribution in [0.1, 0.15) is 5.56 Å². The van der Waals surface area contributed by atoms with Gasteiger partial charge in [-0.05, 0) is 38.2 Å². The number of carbonyl (C=O) groups is 1. The van der Waals surface area contributed by atoms with Crippen molar-refractivity contribution in [2.24, 2.45) is 0 Å². The van der Waals surface area contributed by atoms with Gasteiger partial charge in [0, 0.05) is 43.3 Å². The molecule has 0 aliphatic carbocycles. The van der Waals surface area contributed by atoms with E-state index in [4.69, 9.17) is 14.2 Å². The second kappa shape index (κ2) is 9.02. The first-order valence-corrected chi connectivity index (χ1v) is 9.02. The number of nitrogens with one attached hydrogen (secondary N) is 1. The topological polar surface area (TPSA) is 67.0 Å². The van der Waals surface area contributed by atoms with E-state index >= 15 is 0 Å². The molecule has 7 nitrogen and oxygen atoms in total. The van der Waals surface area contributed by atoms with Crippen molar-refractivity contribution in [3.63, 3.8) is 0 Å². The molecule has 3 rings (SSSR count). The number of hydrogen-bond acceptors (Lipinski definition) is 6. The number of rotatable bonds is 7. The van der Waals surface area contributed by atoms with Crippen LogP contribution in [0, 0.1) is 0 Å². The third-order valence-electron chi connectivity index (χ3n) is 4.50. The quantitative estimate of drug-likeness (QED) is 0.602. The summed E-state index contributed by atoms with van der Waals surface area (Å²) in [6.07, 6.45) is 2.19. The van der Waals surface area contributed by atoms with E-state index < -0.39 is 6.16 Å². The Hall–Kier alpha value is -2.09. The third-order valence-corrected chi connectivity index (χ3v) is 4.50. The molecule has 0 spiro atoms. The first-order chi connectivity index (χ1) is 12.6. The Morgan fingerprint density at radius 1 is 1.31 bits per heavy atom. The van der Waals surface area contributed by atoms with Gasteiger partial charge in [-0.2, -0.15) is 0 Å². The fourth-order valence-electron chi connectivity index (χ4n) is 3.05. The highest BCUT2D eigenvalue weighted by atomic mass is 16.7. The zero-order valence-electron chi connectivity index (χ0n) is 15.5. The number of likely N-dealkylation sites (N-methyl/N-ethyl adjacent to an activating group) is 1. The van der Waals surface area contributed by atoms with Gasteiger partial charge in [-0.25, -0.2) is 4.79 Å². The van der Waals surface area contributed by atoms with Crippen molar-refractivity contribution in [1.29, 1.82) is 0 Å². The minimum atomic E-state index is -0.662. The molecule has 1 aromatic carbocycles. The van der Waals surface area contributed by atoms with Gasteiger partial charge in [0.15, 0.2) is 0 Å². The van der Waals surface area contributed by atoms with Gasteiger partial charge >= 0.3 is 6.16 Å². The molecule has 2 aromatic rings. The second-order valence-electron chi connectivity index (χ2n) is 6.70. The van der Waals surface area contributed by atoms with Gasteiger partial charge in [-0.15, -0.1) is 0 Å². The fraction of sp³-hybridized carbons (Fsp3) is 0.526. The molecule has 26 heavy (non-hydrogen) atoms. The lowest BCUT2D eigenvalue weighted by Gasteiger charge is -2.25. The number of hydrogen-bond donors (Lipinski definition) is 1. The molecule has 0 unspecified atom stereocenters. The molecule has 142 valence electrons. The van der Waals surface area contributed by atoms with E-state index in [9.17, 15) is 4.79 Å². The van der Waals surface area contributed by atoms with E-state index in [0.717, 1.165) is 55.7 Å². The monoisotopic (exact) mass is 361 g/mol. The number of aromatic nitrogens is 1. The van der Waals surface area contributed by atoms with Gasteiger partial charge in [-0.3, -0.25) is 4.90 Å². The van der Waals surface area contributed by atoms with Crippen molar-refractivity contribution in [3.8, 4) is 5.75 Å². The summed E-state index contributed by atoms with van der Waals surface area (Å²) in [4.78, 5) is 19.7. The van der Waals surface area contributed by atoms with E-state index in [0.29, 0.717) is 18.9 Å². The predicted octanol–water partition coefficient (Wildman–Crippen LogP) is 2.12. The van der Waals surface area contributed by atoms with Gasteiger partial charge in [0.1, 0.15) is 12.4 Å². The number of morpholine rings is 1. The molecule has 1 fully saturated rings.